The number of aryl methyl sites for hydroxylation is 1. The summed E-state index contributed by atoms with van der Waals surface area (Å²) in [7, 11) is 0. The molecule has 0 bridgehead atoms. The Morgan fingerprint density at radius 3 is 2.44 bits per heavy atom. The highest BCUT2D eigenvalue weighted by atomic mass is 35.5. The van der Waals surface area contributed by atoms with Gasteiger partial charge in [0.2, 0.25) is 5.91 Å². The van der Waals surface area contributed by atoms with Crippen LogP contribution in [0, 0.1) is 5.92 Å². The van der Waals surface area contributed by atoms with E-state index < -0.39 is 23.2 Å². The summed E-state index contributed by atoms with van der Waals surface area (Å²) in [5.74, 6) is -1.12. The SMILES string of the molecule is CCC(C)C(NC(=O)c1ccccc1SC(=O)OCCCC[n+]1ccccc1)C(N)=O.[Cl-]. The molecule has 0 aliphatic carbocycles. The molecule has 0 radical (unpaired) electrons. The van der Waals surface area contributed by atoms with Crippen LogP contribution in [-0.4, -0.2) is 29.8 Å². The van der Waals surface area contributed by atoms with Gasteiger partial charge in [-0.2, -0.15) is 0 Å². The minimum Gasteiger partial charge on any atom is -1.00 e. The number of rotatable bonds is 11. The number of ether oxygens (including phenoxy) is 1. The average molecular weight is 480 g/mol. The second kappa shape index (κ2) is 14.5. The summed E-state index contributed by atoms with van der Waals surface area (Å²) >= 11 is 0.859. The van der Waals surface area contributed by atoms with E-state index >= 15 is 0 Å². The molecule has 1 aromatic heterocycles. The summed E-state index contributed by atoms with van der Waals surface area (Å²) in [4.78, 5) is 37.2. The number of aromatic nitrogens is 1. The fraction of sp³-hybridized carbons (Fsp3) is 0.391. The molecule has 2 atom stereocenters. The van der Waals surface area contributed by atoms with Crippen molar-refractivity contribution in [2.75, 3.05) is 6.61 Å². The Bertz CT molecular complexity index is 883. The van der Waals surface area contributed by atoms with Crippen molar-refractivity contribution in [3.8, 4) is 0 Å². The van der Waals surface area contributed by atoms with Crippen LogP contribution < -0.4 is 28.0 Å². The predicted molar refractivity (Wildman–Crippen MR) is 119 cm³/mol. The molecule has 7 nitrogen and oxygen atoms in total. The Balaban J connectivity index is 0.00000512. The van der Waals surface area contributed by atoms with Crippen molar-refractivity contribution < 1.29 is 36.1 Å². The normalized spacial score (nSPS) is 12.2. The van der Waals surface area contributed by atoms with Gasteiger partial charge in [0.15, 0.2) is 12.4 Å². The van der Waals surface area contributed by atoms with E-state index in [1.807, 2.05) is 44.4 Å². The molecule has 1 aromatic carbocycles. The van der Waals surface area contributed by atoms with Gasteiger partial charge in [-0.3, -0.25) is 9.59 Å². The lowest BCUT2D eigenvalue weighted by molar-refractivity contribution is -0.697. The third kappa shape index (κ3) is 8.88. The minimum absolute atomic E-state index is 0. The molecule has 0 aliphatic rings. The summed E-state index contributed by atoms with van der Waals surface area (Å²) in [5.41, 5.74) is 5.75. The number of carbonyl (C=O) groups is 3. The van der Waals surface area contributed by atoms with E-state index in [0.717, 1.165) is 31.1 Å². The number of hydrogen-bond acceptors (Lipinski definition) is 5. The highest BCUT2D eigenvalue weighted by molar-refractivity contribution is 8.13. The largest absolute Gasteiger partial charge is 1.00 e. The summed E-state index contributed by atoms with van der Waals surface area (Å²) in [6.45, 7) is 4.94. The Kier molecular flexibility index (Phi) is 12.4. The zero-order chi connectivity index (χ0) is 22.6. The van der Waals surface area contributed by atoms with Gasteiger partial charge < -0.3 is 28.2 Å². The van der Waals surface area contributed by atoms with Crippen LogP contribution in [0.2, 0.25) is 0 Å². The molecule has 3 N–H and O–H groups in total. The maximum absolute atomic E-state index is 12.7. The molecule has 9 heteroatoms. The van der Waals surface area contributed by atoms with Crippen LogP contribution in [0.25, 0.3) is 0 Å². The Morgan fingerprint density at radius 1 is 1.09 bits per heavy atom. The van der Waals surface area contributed by atoms with Crippen LogP contribution in [0.4, 0.5) is 4.79 Å². The van der Waals surface area contributed by atoms with Crippen LogP contribution in [0.5, 0.6) is 0 Å². The molecular weight excluding hydrogens is 450 g/mol. The van der Waals surface area contributed by atoms with Crippen molar-refractivity contribution in [3.63, 3.8) is 0 Å². The van der Waals surface area contributed by atoms with Gasteiger partial charge >= 0.3 is 5.30 Å². The van der Waals surface area contributed by atoms with Crippen LogP contribution >= 0.6 is 11.8 Å². The molecule has 2 aromatic rings. The molecule has 2 unspecified atom stereocenters. The lowest BCUT2D eigenvalue weighted by Gasteiger charge is -2.21. The number of halogens is 1. The van der Waals surface area contributed by atoms with E-state index in [4.69, 9.17) is 10.5 Å². The van der Waals surface area contributed by atoms with E-state index in [0.29, 0.717) is 23.5 Å². The van der Waals surface area contributed by atoms with Gasteiger partial charge in [0.1, 0.15) is 12.6 Å². The number of nitrogens with one attached hydrogen (secondary N) is 1. The van der Waals surface area contributed by atoms with Crippen molar-refractivity contribution in [2.45, 2.75) is 50.6 Å². The quantitative estimate of drug-likeness (QED) is 0.209. The predicted octanol–water partition coefficient (Wildman–Crippen LogP) is 0.317. The minimum atomic E-state index is -0.773. The Morgan fingerprint density at radius 2 is 1.78 bits per heavy atom. The fourth-order valence-corrected chi connectivity index (χ4v) is 3.69. The van der Waals surface area contributed by atoms with Gasteiger partial charge in [-0.05, 0) is 36.2 Å². The molecule has 0 aliphatic heterocycles. The van der Waals surface area contributed by atoms with Gasteiger partial charge in [-0.1, -0.05) is 38.5 Å². The first-order valence-corrected chi connectivity index (χ1v) is 11.2. The van der Waals surface area contributed by atoms with E-state index in [2.05, 4.69) is 9.88 Å². The topological polar surface area (TPSA) is 102 Å². The molecule has 174 valence electrons. The van der Waals surface area contributed by atoms with Gasteiger partial charge in [0.05, 0.1) is 12.2 Å². The third-order valence-electron chi connectivity index (χ3n) is 4.94. The zero-order valence-corrected chi connectivity index (χ0v) is 19.9. The van der Waals surface area contributed by atoms with Crippen molar-refractivity contribution >= 4 is 28.9 Å². The molecule has 2 amide bonds. The van der Waals surface area contributed by atoms with Gasteiger partial charge in [0.25, 0.3) is 5.91 Å². The third-order valence-corrected chi connectivity index (χ3v) is 5.80. The van der Waals surface area contributed by atoms with Crippen LogP contribution in [-0.2, 0) is 16.1 Å². The van der Waals surface area contributed by atoms with Crippen molar-refractivity contribution in [3.05, 3.63) is 60.4 Å². The van der Waals surface area contributed by atoms with E-state index in [1.54, 1.807) is 24.3 Å². The van der Waals surface area contributed by atoms with Crippen molar-refractivity contribution in [1.29, 1.82) is 0 Å². The highest BCUT2D eigenvalue weighted by Gasteiger charge is 2.25. The summed E-state index contributed by atoms with van der Waals surface area (Å²) in [6.07, 6.45) is 6.31. The van der Waals surface area contributed by atoms with Crippen LogP contribution in [0.15, 0.2) is 59.8 Å². The van der Waals surface area contributed by atoms with Gasteiger partial charge in [-0.25, -0.2) is 9.36 Å². The number of thioether (sulfide) groups is 1. The lowest BCUT2D eigenvalue weighted by Crippen LogP contribution is -3.00. The smallest absolute Gasteiger partial charge is 0.372 e. The lowest BCUT2D eigenvalue weighted by atomic mass is 9.98. The van der Waals surface area contributed by atoms with Gasteiger partial charge in [0, 0.05) is 23.4 Å². The van der Waals surface area contributed by atoms with Crippen LogP contribution in [0.3, 0.4) is 0 Å². The molecule has 0 saturated carbocycles. The van der Waals surface area contributed by atoms with Crippen molar-refractivity contribution in [1.82, 2.24) is 5.32 Å². The van der Waals surface area contributed by atoms with E-state index in [1.165, 1.54) is 0 Å². The molecule has 0 spiro atoms. The number of pyridine rings is 1. The molecule has 2 rings (SSSR count). The monoisotopic (exact) mass is 479 g/mol. The zero-order valence-electron chi connectivity index (χ0n) is 18.3. The van der Waals surface area contributed by atoms with Crippen molar-refractivity contribution in [2.24, 2.45) is 11.7 Å². The Hall–Kier alpha value is -2.58. The first-order valence-electron chi connectivity index (χ1n) is 10.4. The molecule has 32 heavy (non-hydrogen) atoms. The first-order chi connectivity index (χ1) is 14.9. The summed E-state index contributed by atoms with van der Waals surface area (Å²) in [5, 5.41) is 2.22. The standard InChI is InChI=1S/C23H29N3O4S.ClH/c1-3-17(2)20(21(24)27)25-22(28)18-11-5-6-12-19(18)31-23(29)30-16-10-9-15-26-13-7-4-8-14-26;/h4-8,11-14,17,20H,3,9-10,15-16H2,1-2H3,(H2-,24,25,27,28);1H. The maximum atomic E-state index is 12.7. The number of primary amides is 1. The summed E-state index contributed by atoms with van der Waals surface area (Å²) in [6, 6.07) is 11.9. The van der Waals surface area contributed by atoms with E-state index in [9.17, 15) is 14.4 Å². The number of amides is 2. The fourth-order valence-electron chi connectivity index (χ4n) is 2.95. The number of nitrogens with zero attached hydrogens (tertiary/aromatic N) is 1. The molecule has 0 saturated heterocycles. The second-order valence-corrected chi connectivity index (χ2v) is 8.23. The Labute approximate surface area is 199 Å². The number of nitrogens with two attached hydrogens (primary N) is 1. The molecule has 1 heterocycles. The molecule has 0 fully saturated rings. The van der Waals surface area contributed by atoms with Gasteiger partial charge in [-0.15, -0.1) is 0 Å². The molecular formula is C23H30ClN3O4S. The summed E-state index contributed by atoms with van der Waals surface area (Å²) < 4.78 is 7.38. The number of benzene rings is 1. The average Bonchev–Trinajstić information content (AvgIpc) is 2.77. The number of carbonyl (C=O) groups excluding carboxylic acids is 3. The second-order valence-electron chi connectivity index (χ2n) is 7.26. The first kappa shape index (κ1) is 27.5. The number of unbranched alkanes of at least 4 members (excludes halogenated alkanes) is 1. The highest BCUT2D eigenvalue weighted by Crippen LogP contribution is 2.25. The maximum Gasteiger partial charge on any atom is 0.372 e. The van der Waals surface area contributed by atoms with Crippen LogP contribution in [0.1, 0.15) is 43.5 Å². The van der Waals surface area contributed by atoms with E-state index in [-0.39, 0.29) is 18.3 Å². The number of hydrogen-bond donors (Lipinski definition) is 2.